The lowest BCUT2D eigenvalue weighted by molar-refractivity contribution is 0.0507. The first-order valence-corrected chi connectivity index (χ1v) is 9.56. The van der Waals surface area contributed by atoms with Gasteiger partial charge in [-0.25, -0.2) is 4.98 Å². The molecule has 1 aliphatic heterocycles. The third-order valence-corrected chi connectivity index (χ3v) is 5.34. The molecule has 2 N–H and O–H groups in total. The summed E-state index contributed by atoms with van der Waals surface area (Å²) in [5.74, 6) is 0.257. The molecule has 8 nitrogen and oxygen atoms in total. The number of hydrogen-bond acceptors (Lipinski definition) is 5. The molecule has 2 aromatic heterocycles. The molecule has 0 bridgehead atoms. The number of rotatable bonds is 4. The van der Waals surface area contributed by atoms with Gasteiger partial charge in [0.05, 0.1) is 6.33 Å². The summed E-state index contributed by atoms with van der Waals surface area (Å²) < 4.78 is 0. The summed E-state index contributed by atoms with van der Waals surface area (Å²) in [5.41, 5.74) is 1.41. The molecule has 3 heterocycles. The Bertz CT molecular complexity index is 1020. The highest BCUT2D eigenvalue weighted by atomic mass is 16.2. The van der Waals surface area contributed by atoms with E-state index in [0.717, 1.165) is 13.1 Å². The first kappa shape index (κ1) is 18.4. The van der Waals surface area contributed by atoms with Crippen molar-refractivity contribution in [1.82, 2.24) is 30.0 Å². The van der Waals surface area contributed by atoms with Crippen LogP contribution < -0.4 is 5.56 Å². The molecule has 146 valence electrons. The minimum atomic E-state index is -0.357. The van der Waals surface area contributed by atoms with Gasteiger partial charge < -0.3 is 9.88 Å². The molecular formula is C20H24N6O2. The summed E-state index contributed by atoms with van der Waals surface area (Å²) in [5, 5.41) is 6.90. The summed E-state index contributed by atoms with van der Waals surface area (Å²) in [7, 11) is 0. The molecule has 1 atom stereocenters. The van der Waals surface area contributed by atoms with Gasteiger partial charge in [0.25, 0.3) is 11.5 Å². The molecule has 1 saturated heterocycles. The van der Waals surface area contributed by atoms with Crippen molar-refractivity contribution < 1.29 is 4.79 Å². The van der Waals surface area contributed by atoms with Crippen LogP contribution in [0.4, 0.5) is 0 Å². The fraction of sp³-hybridized carbons (Fsp3) is 0.400. The van der Waals surface area contributed by atoms with Gasteiger partial charge >= 0.3 is 0 Å². The number of aromatic nitrogens is 4. The van der Waals surface area contributed by atoms with Crippen LogP contribution >= 0.6 is 0 Å². The van der Waals surface area contributed by atoms with Crippen LogP contribution in [-0.4, -0.2) is 62.1 Å². The summed E-state index contributed by atoms with van der Waals surface area (Å²) in [6, 6.07) is 10.8. The number of carbonyl (C=O) groups is 1. The standard InChI is InChI=1S/C20H24N6O2/c1-13(2)17(14-6-4-3-5-7-14)25-8-10-26(11-9-25)20(28)16-15-18(24-23-16)21-12-22-19(15)27/h3-7,12-13,17H,8-11H2,1-2H3,(H2,21,22,23,24,27). The van der Waals surface area contributed by atoms with E-state index in [2.05, 4.69) is 63.2 Å². The van der Waals surface area contributed by atoms with Crippen LogP contribution in [0.2, 0.25) is 0 Å². The van der Waals surface area contributed by atoms with Gasteiger partial charge in [0.15, 0.2) is 5.65 Å². The predicted octanol–water partition coefficient (Wildman–Crippen LogP) is 1.80. The molecule has 3 aromatic rings. The van der Waals surface area contributed by atoms with Crippen molar-refractivity contribution in [3.05, 3.63) is 58.3 Å². The third-order valence-electron chi connectivity index (χ3n) is 5.34. The molecular weight excluding hydrogens is 356 g/mol. The van der Waals surface area contributed by atoms with Gasteiger partial charge in [0.1, 0.15) is 11.1 Å². The van der Waals surface area contributed by atoms with Crippen LogP contribution in [0.15, 0.2) is 41.5 Å². The molecule has 1 aliphatic rings. The number of nitrogens with zero attached hydrogens (tertiary/aromatic N) is 4. The molecule has 4 rings (SSSR count). The highest BCUT2D eigenvalue weighted by molar-refractivity contribution is 6.03. The number of hydrogen-bond donors (Lipinski definition) is 2. The molecule has 0 radical (unpaired) electrons. The smallest absolute Gasteiger partial charge is 0.272 e. The summed E-state index contributed by atoms with van der Waals surface area (Å²) in [6.45, 7) is 7.23. The average Bonchev–Trinajstić information content (AvgIpc) is 3.14. The van der Waals surface area contributed by atoms with Crippen molar-refractivity contribution >= 4 is 16.9 Å². The quantitative estimate of drug-likeness (QED) is 0.719. The minimum Gasteiger partial charge on any atom is -0.335 e. The summed E-state index contributed by atoms with van der Waals surface area (Å²) in [4.78, 5) is 35.8. The van der Waals surface area contributed by atoms with E-state index in [9.17, 15) is 9.59 Å². The Hall–Kier alpha value is -3.00. The number of fused-ring (bicyclic) bond motifs is 1. The zero-order valence-corrected chi connectivity index (χ0v) is 16.1. The number of H-pyrrole nitrogens is 2. The van der Waals surface area contributed by atoms with Gasteiger partial charge in [0.2, 0.25) is 0 Å². The van der Waals surface area contributed by atoms with E-state index in [1.807, 2.05) is 6.07 Å². The third kappa shape index (κ3) is 3.31. The molecule has 1 unspecified atom stereocenters. The van der Waals surface area contributed by atoms with Crippen molar-refractivity contribution in [2.45, 2.75) is 19.9 Å². The fourth-order valence-corrected chi connectivity index (χ4v) is 4.05. The maximum Gasteiger partial charge on any atom is 0.272 e. The largest absolute Gasteiger partial charge is 0.335 e. The van der Waals surface area contributed by atoms with Crippen molar-refractivity contribution in [2.24, 2.45) is 5.92 Å². The molecule has 28 heavy (non-hydrogen) atoms. The zero-order chi connectivity index (χ0) is 19.7. The second-order valence-corrected chi connectivity index (χ2v) is 7.46. The Morgan fingerprint density at radius 3 is 2.50 bits per heavy atom. The Morgan fingerprint density at radius 2 is 1.82 bits per heavy atom. The van der Waals surface area contributed by atoms with Crippen LogP contribution in [0.1, 0.15) is 35.9 Å². The van der Waals surface area contributed by atoms with Gasteiger partial charge in [-0.2, -0.15) is 5.10 Å². The molecule has 1 fully saturated rings. The Morgan fingerprint density at radius 1 is 1.11 bits per heavy atom. The Balaban J connectivity index is 1.50. The van der Waals surface area contributed by atoms with Crippen molar-refractivity contribution in [3.8, 4) is 0 Å². The number of aromatic amines is 2. The van der Waals surface area contributed by atoms with Crippen molar-refractivity contribution in [3.63, 3.8) is 0 Å². The lowest BCUT2D eigenvalue weighted by Gasteiger charge is -2.41. The maximum absolute atomic E-state index is 13.0. The molecule has 1 aromatic carbocycles. The van der Waals surface area contributed by atoms with Crippen LogP contribution in [-0.2, 0) is 0 Å². The number of piperazine rings is 1. The molecule has 0 aliphatic carbocycles. The van der Waals surface area contributed by atoms with Crippen molar-refractivity contribution in [1.29, 1.82) is 0 Å². The summed E-state index contributed by atoms with van der Waals surface area (Å²) >= 11 is 0. The second kappa shape index (κ2) is 7.55. The van der Waals surface area contributed by atoms with Gasteiger partial charge in [-0.15, -0.1) is 0 Å². The van der Waals surface area contributed by atoms with E-state index in [-0.39, 0.29) is 28.2 Å². The minimum absolute atomic E-state index is 0.207. The van der Waals surface area contributed by atoms with E-state index >= 15 is 0 Å². The Kier molecular flexibility index (Phi) is 4.95. The SMILES string of the molecule is CC(C)C(c1ccccc1)N1CCN(C(=O)c2[nH]nc3nc[nH]c(=O)c23)CC1. The van der Waals surface area contributed by atoms with Gasteiger partial charge in [0, 0.05) is 32.2 Å². The first-order chi connectivity index (χ1) is 13.6. The van der Waals surface area contributed by atoms with Crippen LogP contribution in [0.3, 0.4) is 0 Å². The van der Waals surface area contributed by atoms with Crippen LogP contribution in [0.25, 0.3) is 11.0 Å². The maximum atomic E-state index is 13.0. The molecule has 1 amide bonds. The number of carbonyl (C=O) groups excluding carboxylic acids is 1. The normalized spacial score (nSPS) is 16.6. The highest BCUT2D eigenvalue weighted by Crippen LogP contribution is 2.29. The van der Waals surface area contributed by atoms with E-state index in [0.29, 0.717) is 25.0 Å². The molecule has 8 heteroatoms. The van der Waals surface area contributed by atoms with Gasteiger partial charge in [-0.1, -0.05) is 44.2 Å². The van der Waals surface area contributed by atoms with E-state index in [1.165, 1.54) is 11.9 Å². The second-order valence-electron chi connectivity index (χ2n) is 7.46. The average molecular weight is 380 g/mol. The number of benzene rings is 1. The summed E-state index contributed by atoms with van der Waals surface area (Å²) in [6.07, 6.45) is 1.29. The monoisotopic (exact) mass is 380 g/mol. The van der Waals surface area contributed by atoms with Crippen LogP contribution in [0.5, 0.6) is 0 Å². The Labute approximate surface area is 162 Å². The lowest BCUT2D eigenvalue weighted by Crippen LogP contribution is -2.50. The lowest BCUT2D eigenvalue weighted by atomic mass is 9.94. The number of nitrogens with one attached hydrogen (secondary N) is 2. The van der Waals surface area contributed by atoms with E-state index in [1.54, 1.807) is 4.90 Å². The molecule has 0 spiro atoms. The van der Waals surface area contributed by atoms with Gasteiger partial charge in [-0.05, 0) is 11.5 Å². The van der Waals surface area contributed by atoms with E-state index < -0.39 is 0 Å². The fourth-order valence-electron chi connectivity index (χ4n) is 4.05. The van der Waals surface area contributed by atoms with Crippen molar-refractivity contribution in [2.75, 3.05) is 26.2 Å². The predicted molar refractivity (Wildman–Crippen MR) is 106 cm³/mol. The highest BCUT2D eigenvalue weighted by Gasteiger charge is 2.30. The molecule has 0 saturated carbocycles. The zero-order valence-electron chi connectivity index (χ0n) is 16.1. The van der Waals surface area contributed by atoms with Crippen LogP contribution in [0, 0.1) is 5.92 Å². The van der Waals surface area contributed by atoms with Gasteiger partial charge in [-0.3, -0.25) is 19.6 Å². The number of amides is 1. The van der Waals surface area contributed by atoms with E-state index in [4.69, 9.17) is 0 Å². The topological polar surface area (TPSA) is 98.0 Å². The first-order valence-electron chi connectivity index (χ1n) is 9.56.